The Labute approximate surface area is 134 Å². The van der Waals surface area contributed by atoms with Gasteiger partial charge in [-0.2, -0.15) is 18.2 Å². The van der Waals surface area contributed by atoms with Gasteiger partial charge in [-0.25, -0.2) is 0 Å². The first-order valence-electron chi connectivity index (χ1n) is 7.13. The van der Waals surface area contributed by atoms with E-state index in [0.717, 1.165) is 12.7 Å². The number of amides is 1. The second-order valence-electron chi connectivity index (χ2n) is 5.58. The molecule has 9 heteroatoms. The highest BCUT2D eigenvalue weighted by Crippen LogP contribution is 2.31. The maximum absolute atomic E-state index is 12.4. The van der Waals surface area contributed by atoms with Crippen LogP contribution in [0.5, 0.6) is 0 Å². The van der Waals surface area contributed by atoms with Gasteiger partial charge in [0.2, 0.25) is 5.82 Å². The highest BCUT2D eigenvalue weighted by atomic mass is 19.4. The smallest absolute Gasteiger partial charge is 0.340 e. The van der Waals surface area contributed by atoms with Gasteiger partial charge in [0.1, 0.15) is 6.29 Å². The normalized spacial score (nSPS) is 16.3. The molecular weight excluding hydrogens is 327 g/mol. The summed E-state index contributed by atoms with van der Waals surface area (Å²) in [5, 5.41) is 5.94. The molecule has 0 unspecified atom stereocenters. The molecule has 1 heterocycles. The monoisotopic (exact) mass is 339 g/mol. The molecule has 1 aromatic heterocycles. The number of hydrogen-bond acceptors (Lipinski definition) is 5. The van der Waals surface area contributed by atoms with Crippen molar-refractivity contribution in [1.82, 2.24) is 15.5 Å². The number of benzene rings is 1. The van der Waals surface area contributed by atoms with Gasteiger partial charge in [-0.15, -0.1) is 0 Å². The van der Waals surface area contributed by atoms with Crippen molar-refractivity contribution < 1.29 is 27.3 Å². The van der Waals surface area contributed by atoms with Crippen LogP contribution in [-0.2, 0) is 11.0 Å². The minimum absolute atomic E-state index is 0.224. The summed E-state index contributed by atoms with van der Waals surface area (Å²) >= 11 is 0. The molecule has 1 aromatic carbocycles. The second-order valence-corrected chi connectivity index (χ2v) is 5.58. The number of aldehydes is 1. The lowest BCUT2D eigenvalue weighted by Gasteiger charge is -2.37. The van der Waals surface area contributed by atoms with Crippen molar-refractivity contribution in [3.63, 3.8) is 0 Å². The summed E-state index contributed by atoms with van der Waals surface area (Å²) in [6, 6.07) is 5.67. The van der Waals surface area contributed by atoms with Crippen LogP contribution in [-0.4, -0.2) is 27.9 Å². The van der Waals surface area contributed by atoms with Crippen LogP contribution in [0.1, 0.15) is 35.5 Å². The van der Waals surface area contributed by atoms with Gasteiger partial charge in [0.05, 0.1) is 5.54 Å². The molecule has 1 saturated carbocycles. The maximum atomic E-state index is 12.4. The van der Waals surface area contributed by atoms with Gasteiger partial charge in [-0.05, 0) is 31.4 Å². The molecule has 3 rings (SSSR count). The summed E-state index contributed by atoms with van der Waals surface area (Å²) in [5.41, 5.74) is -0.239. The van der Waals surface area contributed by atoms with E-state index >= 15 is 0 Å². The van der Waals surface area contributed by atoms with Crippen LogP contribution in [0.2, 0.25) is 0 Å². The molecular formula is C15H12F3N3O3. The Morgan fingerprint density at radius 1 is 1.25 bits per heavy atom. The van der Waals surface area contributed by atoms with Crippen LogP contribution in [0.25, 0.3) is 11.4 Å². The summed E-state index contributed by atoms with van der Waals surface area (Å²) in [6.07, 6.45) is -1.90. The molecule has 1 aliphatic rings. The van der Waals surface area contributed by atoms with Crippen molar-refractivity contribution in [1.29, 1.82) is 0 Å². The second kappa shape index (κ2) is 5.73. The Balaban J connectivity index is 1.74. The van der Waals surface area contributed by atoms with Crippen LogP contribution in [0.4, 0.5) is 13.2 Å². The van der Waals surface area contributed by atoms with Gasteiger partial charge in [0, 0.05) is 11.1 Å². The van der Waals surface area contributed by atoms with E-state index in [1.807, 2.05) is 0 Å². The van der Waals surface area contributed by atoms with Gasteiger partial charge in [-0.1, -0.05) is 17.3 Å². The number of carbonyl (C=O) groups is 2. The zero-order chi connectivity index (χ0) is 17.4. The SMILES string of the molecule is O=CC1(NC(=O)c2ccc(-c3noc(C(F)(F)F)n3)cc2)CCC1. The topological polar surface area (TPSA) is 85.1 Å². The van der Waals surface area contributed by atoms with E-state index in [4.69, 9.17) is 0 Å². The van der Waals surface area contributed by atoms with Crippen LogP contribution in [0, 0.1) is 0 Å². The third-order valence-electron chi connectivity index (χ3n) is 3.91. The molecule has 0 radical (unpaired) electrons. The molecule has 0 spiro atoms. The van der Waals surface area contributed by atoms with Crippen molar-refractivity contribution >= 4 is 12.2 Å². The van der Waals surface area contributed by atoms with Crippen molar-refractivity contribution in [3.05, 3.63) is 35.7 Å². The lowest BCUT2D eigenvalue weighted by atomic mass is 9.78. The largest absolute Gasteiger partial charge is 0.471 e. The van der Waals surface area contributed by atoms with E-state index in [2.05, 4.69) is 20.0 Å². The minimum Gasteiger partial charge on any atom is -0.340 e. The van der Waals surface area contributed by atoms with Gasteiger partial charge in [-0.3, -0.25) is 4.79 Å². The van der Waals surface area contributed by atoms with Crippen molar-refractivity contribution in [2.75, 3.05) is 0 Å². The summed E-state index contributed by atoms with van der Waals surface area (Å²) in [5.74, 6) is -2.08. The number of rotatable bonds is 4. The van der Waals surface area contributed by atoms with E-state index in [0.29, 0.717) is 12.8 Å². The summed E-state index contributed by atoms with van der Waals surface area (Å²) in [6.45, 7) is 0. The number of nitrogens with one attached hydrogen (secondary N) is 1. The van der Waals surface area contributed by atoms with Crippen LogP contribution in [0.3, 0.4) is 0 Å². The van der Waals surface area contributed by atoms with Crippen molar-refractivity contribution in [3.8, 4) is 11.4 Å². The summed E-state index contributed by atoms with van der Waals surface area (Å²) < 4.78 is 41.5. The average Bonchev–Trinajstić information content (AvgIpc) is 3.01. The van der Waals surface area contributed by atoms with Crippen LogP contribution in [0.15, 0.2) is 28.8 Å². The standard InChI is InChI=1S/C15H12F3N3O3/c16-15(17,18)13-19-11(21-24-13)9-2-4-10(5-3-9)12(23)20-14(8-22)6-1-7-14/h2-5,8H,1,6-7H2,(H,20,23). The van der Waals surface area contributed by atoms with Crippen LogP contribution < -0.4 is 5.32 Å². The average molecular weight is 339 g/mol. The Bertz CT molecular complexity index is 764. The van der Waals surface area contributed by atoms with Gasteiger partial charge in [0.25, 0.3) is 5.91 Å². The predicted octanol–water partition coefficient (Wildman–Crippen LogP) is 2.61. The first-order chi connectivity index (χ1) is 11.3. The van der Waals surface area contributed by atoms with E-state index in [1.165, 1.54) is 24.3 Å². The number of halogens is 3. The molecule has 1 N–H and O–H groups in total. The fraction of sp³-hybridized carbons (Fsp3) is 0.333. The fourth-order valence-electron chi connectivity index (χ4n) is 2.35. The number of alkyl halides is 3. The number of carbonyl (C=O) groups excluding carboxylic acids is 2. The van der Waals surface area contributed by atoms with Gasteiger partial charge in [0.15, 0.2) is 0 Å². The van der Waals surface area contributed by atoms with Crippen molar-refractivity contribution in [2.24, 2.45) is 0 Å². The summed E-state index contributed by atoms with van der Waals surface area (Å²) in [7, 11) is 0. The van der Waals surface area contributed by atoms with E-state index in [1.54, 1.807) is 0 Å². The quantitative estimate of drug-likeness (QED) is 0.866. The van der Waals surface area contributed by atoms with Crippen molar-refractivity contribution in [2.45, 2.75) is 31.0 Å². The first-order valence-corrected chi connectivity index (χ1v) is 7.13. The molecule has 0 bridgehead atoms. The number of nitrogens with zero attached hydrogens (tertiary/aromatic N) is 2. The Hall–Kier alpha value is -2.71. The van der Waals surface area contributed by atoms with E-state index < -0.39 is 23.5 Å². The molecule has 1 aliphatic carbocycles. The molecule has 1 fully saturated rings. The highest BCUT2D eigenvalue weighted by molar-refractivity contribution is 5.97. The Morgan fingerprint density at radius 2 is 1.92 bits per heavy atom. The lowest BCUT2D eigenvalue weighted by Crippen LogP contribution is -2.54. The van der Waals surface area contributed by atoms with E-state index in [-0.39, 0.29) is 17.0 Å². The minimum atomic E-state index is -4.71. The number of aromatic nitrogens is 2. The molecule has 0 saturated heterocycles. The molecule has 24 heavy (non-hydrogen) atoms. The predicted molar refractivity (Wildman–Crippen MR) is 74.8 cm³/mol. The van der Waals surface area contributed by atoms with E-state index in [9.17, 15) is 22.8 Å². The zero-order valence-electron chi connectivity index (χ0n) is 12.3. The molecule has 126 valence electrons. The third kappa shape index (κ3) is 3.01. The highest BCUT2D eigenvalue weighted by Gasteiger charge is 2.39. The Morgan fingerprint density at radius 3 is 2.38 bits per heavy atom. The fourth-order valence-corrected chi connectivity index (χ4v) is 2.35. The first kappa shape index (κ1) is 16.2. The lowest BCUT2D eigenvalue weighted by molar-refractivity contribution is -0.159. The number of hydrogen-bond donors (Lipinski definition) is 1. The zero-order valence-corrected chi connectivity index (χ0v) is 12.3. The molecule has 2 aromatic rings. The molecule has 0 aliphatic heterocycles. The molecule has 0 atom stereocenters. The van der Waals surface area contributed by atoms with Crippen LogP contribution >= 0.6 is 0 Å². The Kier molecular flexibility index (Phi) is 3.86. The molecule has 6 nitrogen and oxygen atoms in total. The molecule has 1 amide bonds. The third-order valence-corrected chi connectivity index (χ3v) is 3.91. The summed E-state index contributed by atoms with van der Waals surface area (Å²) in [4.78, 5) is 26.5. The maximum Gasteiger partial charge on any atom is 0.471 e. The van der Waals surface area contributed by atoms with Gasteiger partial charge >= 0.3 is 12.1 Å². The van der Waals surface area contributed by atoms with Gasteiger partial charge < -0.3 is 14.6 Å².